The quantitative estimate of drug-likeness (QED) is 0.719. The van der Waals surface area contributed by atoms with Crippen LogP contribution in [0.15, 0.2) is 35.1 Å². The predicted octanol–water partition coefficient (Wildman–Crippen LogP) is 1.15. The van der Waals surface area contributed by atoms with Gasteiger partial charge in [0.15, 0.2) is 11.8 Å². The van der Waals surface area contributed by atoms with E-state index in [0.29, 0.717) is 22.8 Å². The Morgan fingerprint density at radius 2 is 1.81 bits per heavy atom. The van der Waals surface area contributed by atoms with Crippen LogP contribution in [0.2, 0.25) is 0 Å². The molecular weight excluding hydrogens is 338 g/mol. The number of hydrogen-bond donors (Lipinski definition) is 0. The molecule has 0 bridgehead atoms. The van der Waals surface area contributed by atoms with Crippen molar-refractivity contribution in [1.82, 2.24) is 14.7 Å². The fourth-order valence-electron chi connectivity index (χ4n) is 2.46. The highest BCUT2D eigenvalue weighted by Gasteiger charge is 2.29. The summed E-state index contributed by atoms with van der Waals surface area (Å²) >= 11 is 0. The first kappa shape index (κ1) is 19.2. The highest BCUT2D eigenvalue weighted by atomic mass is 16.5. The molecule has 138 valence electrons. The molecule has 0 N–H and O–H groups in total. The summed E-state index contributed by atoms with van der Waals surface area (Å²) in [7, 11) is 6.07. The van der Waals surface area contributed by atoms with Crippen LogP contribution in [0.5, 0.6) is 11.5 Å². The second kappa shape index (κ2) is 7.81. The van der Waals surface area contributed by atoms with E-state index in [-0.39, 0.29) is 0 Å². The van der Waals surface area contributed by atoms with Gasteiger partial charge in [-0.25, -0.2) is 4.68 Å². The van der Waals surface area contributed by atoms with E-state index in [1.807, 2.05) is 0 Å². The zero-order chi connectivity index (χ0) is 19.4. The van der Waals surface area contributed by atoms with Gasteiger partial charge in [0, 0.05) is 31.8 Å². The molecule has 0 saturated carbocycles. The van der Waals surface area contributed by atoms with Gasteiger partial charge in [0.05, 0.1) is 19.9 Å². The SMILES string of the molecule is COc1ccc(-c2ccc(=O)n([C@H](C(C)=O)C(=O)N(C)C)n2)c(OC)c1. The summed E-state index contributed by atoms with van der Waals surface area (Å²) in [6.07, 6.45) is 0. The van der Waals surface area contributed by atoms with Gasteiger partial charge in [-0.3, -0.25) is 14.4 Å². The summed E-state index contributed by atoms with van der Waals surface area (Å²) < 4.78 is 11.4. The summed E-state index contributed by atoms with van der Waals surface area (Å²) in [5.41, 5.74) is 0.445. The van der Waals surface area contributed by atoms with Crippen molar-refractivity contribution in [3.63, 3.8) is 0 Å². The van der Waals surface area contributed by atoms with Crippen molar-refractivity contribution in [3.8, 4) is 22.8 Å². The number of ketones is 1. The fraction of sp³-hybridized carbons (Fsp3) is 0.333. The van der Waals surface area contributed by atoms with Crippen molar-refractivity contribution in [3.05, 3.63) is 40.7 Å². The van der Waals surface area contributed by atoms with Crippen LogP contribution in [0.25, 0.3) is 11.3 Å². The first-order valence-corrected chi connectivity index (χ1v) is 7.84. The second-order valence-electron chi connectivity index (χ2n) is 5.81. The van der Waals surface area contributed by atoms with Crippen LogP contribution in [0, 0.1) is 0 Å². The third-order valence-electron chi connectivity index (χ3n) is 3.81. The van der Waals surface area contributed by atoms with E-state index in [9.17, 15) is 14.4 Å². The monoisotopic (exact) mass is 359 g/mol. The Morgan fingerprint density at radius 1 is 1.12 bits per heavy atom. The van der Waals surface area contributed by atoms with E-state index >= 15 is 0 Å². The molecule has 1 aromatic heterocycles. The fourth-order valence-corrected chi connectivity index (χ4v) is 2.46. The number of nitrogens with zero attached hydrogens (tertiary/aromatic N) is 3. The Hall–Kier alpha value is -3.16. The molecule has 0 fully saturated rings. The summed E-state index contributed by atoms with van der Waals surface area (Å²) in [5, 5.41) is 4.25. The first-order valence-electron chi connectivity index (χ1n) is 7.84. The van der Waals surface area contributed by atoms with Gasteiger partial charge >= 0.3 is 0 Å². The van der Waals surface area contributed by atoms with Gasteiger partial charge in [0.25, 0.3) is 11.5 Å². The van der Waals surface area contributed by atoms with E-state index in [2.05, 4.69) is 5.10 Å². The maximum Gasteiger partial charge on any atom is 0.267 e. The number of methoxy groups -OCH3 is 2. The average molecular weight is 359 g/mol. The Kier molecular flexibility index (Phi) is 5.76. The van der Waals surface area contributed by atoms with Gasteiger partial charge in [0.1, 0.15) is 11.5 Å². The Balaban J connectivity index is 2.62. The van der Waals surface area contributed by atoms with E-state index in [4.69, 9.17) is 9.47 Å². The molecule has 8 heteroatoms. The molecule has 26 heavy (non-hydrogen) atoms. The third kappa shape index (κ3) is 3.74. The zero-order valence-corrected chi connectivity index (χ0v) is 15.3. The molecule has 1 atom stereocenters. The average Bonchev–Trinajstić information content (AvgIpc) is 2.62. The highest BCUT2D eigenvalue weighted by molar-refractivity contribution is 6.02. The summed E-state index contributed by atoms with van der Waals surface area (Å²) in [6, 6.07) is 6.60. The van der Waals surface area contributed by atoms with Crippen LogP contribution < -0.4 is 15.0 Å². The number of likely N-dealkylation sites (N-methyl/N-ethyl adjacent to an activating group) is 1. The lowest BCUT2D eigenvalue weighted by Crippen LogP contribution is -2.41. The lowest BCUT2D eigenvalue weighted by molar-refractivity contribution is -0.138. The van der Waals surface area contributed by atoms with Crippen LogP contribution in [0.3, 0.4) is 0 Å². The molecule has 2 rings (SSSR count). The summed E-state index contributed by atoms with van der Waals surface area (Å²) in [5.74, 6) is 0.0896. The molecule has 0 radical (unpaired) electrons. The molecule has 0 saturated heterocycles. The number of amides is 1. The van der Waals surface area contributed by atoms with Crippen LogP contribution >= 0.6 is 0 Å². The number of carbonyl (C=O) groups excluding carboxylic acids is 2. The lowest BCUT2D eigenvalue weighted by atomic mass is 10.1. The van der Waals surface area contributed by atoms with Gasteiger partial charge in [0.2, 0.25) is 0 Å². The Labute approximate surface area is 150 Å². The molecular formula is C18H21N3O5. The predicted molar refractivity (Wildman–Crippen MR) is 95.4 cm³/mol. The standard InChI is InChI=1S/C18H21N3O5/c1-11(22)17(18(24)20(2)3)21-16(23)9-8-14(19-21)13-7-6-12(25-4)10-15(13)26-5/h6-10,17H,1-5H3/t17-/m1/s1. The number of aromatic nitrogens is 2. The summed E-state index contributed by atoms with van der Waals surface area (Å²) in [4.78, 5) is 37.9. The van der Waals surface area contributed by atoms with Crippen LogP contribution in [0.1, 0.15) is 13.0 Å². The topological polar surface area (TPSA) is 90.7 Å². The van der Waals surface area contributed by atoms with Crippen LogP contribution in [0.4, 0.5) is 0 Å². The van der Waals surface area contributed by atoms with Gasteiger partial charge in [-0.15, -0.1) is 0 Å². The van der Waals surface area contributed by atoms with Gasteiger partial charge < -0.3 is 14.4 Å². The lowest BCUT2D eigenvalue weighted by Gasteiger charge is -2.20. The maximum absolute atomic E-state index is 12.4. The summed E-state index contributed by atoms with van der Waals surface area (Å²) in [6.45, 7) is 1.25. The van der Waals surface area contributed by atoms with Crippen LogP contribution in [-0.2, 0) is 9.59 Å². The molecule has 0 aliphatic rings. The van der Waals surface area contributed by atoms with Gasteiger partial charge in [-0.1, -0.05) is 0 Å². The Morgan fingerprint density at radius 3 is 2.35 bits per heavy atom. The molecule has 8 nitrogen and oxygen atoms in total. The van der Waals surface area contributed by atoms with E-state index in [1.54, 1.807) is 18.2 Å². The van der Waals surface area contributed by atoms with Crippen molar-refractivity contribution in [1.29, 1.82) is 0 Å². The largest absolute Gasteiger partial charge is 0.497 e. The molecule has 0 aliphatic heterocycles. The molecule has 0 spiro atoms. The van der Waals surface area contributed by atoms with Crippen LogP contribution in [-0.4, -0.2) is 54.7 Å². The Bertz CT molecular complexity index is 889. The molecule has 1 amide bonds. The molecule has 1 aromatic carbocycles. The third-order valence-corrected chi connectivity index (χ3v) is 3.81. The minimum absolute atomic E-state index is 0.391. The number of rotatable bonds is 6. The van der Waals surface area contributed by atoms with Crippen molar-refractivity contribution in [2.45, 2.75) is 13.0 Å². The molecule has 2 aromatic rings. The van der Waals surface area contributed by atoms with Gasteiger partial charge in [-0.2, -0.15) is 5.10 Å². The number of benzene rings is 1. The smallest absolute Gasteiger partial charge is 0.267 e. The number of hydrogen-bond acceptors (Lipinski definition) is 6. The number of carbonyl (C=O) groups is 2. The molecule has 1 heterocycles. The van der Waals surface area contributed by atoms with Crippen molar-refractivity contribution >= 4 is 11.7 Å². The van der Waals surface area contributed by atoms with E-state index < -0.39 is 23.3 Å². The maximum atomic E-state index is 12.4. The van der Waals surface area contributed by atoms with E-state index in [1.165, 1.54) is 52.3 Å². The minimum atomic E-state index is -1.32. The first-order chi connectivity index (χ1) is 12.3. The van der Waals surface area contributed by atoms with Crippen molar-refractivity contribution in [2.75, 3.05) is 28.3 Å². The molecule has 0 aliphatic carbocycles. The van der Waals surface area contributed by atoms with Gasteiger partial charge in [-0.05, 0) is 25.1 Å². The zero-order valence-electron chi connectivity index (χ0n) is 15.3. The number of ether oxygens (including phenoxy) is 2. The second-order valence-corrected chi connectivity index (χ2v) is 5.81. The van der Waals surface area contributed by atoms with E-state index in [0.717, 1.165) is 4.68 Å². The normalized spacial score (nSPS) is 11.6. The van der Waals surface area contributed by atoms with Crippen molar-refractivity contribution < 1.29 is 19.1 Å². The minimum Gasteiger partial charge on any atom is -0.497 e. The van der Waals surface area contributed by atoms with Crippen molar-refractivity contribution in [2.24, 2.45) is 0 Å². The molecule has 0 unspecified atom stereocenters. The highest BCUT2D eigenvalue weighted by Crippen LogP contribution is 2.31. The number of Topliss-reactive ketones (excluding diaryl/α,β-unsaturated/α-hetero) is 1.